The van der Waals surface area contributed by atoms with E-state index in [1.54, 1.807) is 0 Å². The summed E-state index contributed by atoms with van der Waals surface area (Å²) in [6.07, 6.45) is 4.01. The lowest BCUT2D eigenvalue weighted by Crippen LogP contribution is -2.40. The third-order valence-electron chi connectivity index (χ3n) is 5.71. The topological polar surface area (TPSA) is 33.5 Å². The highest BCUT2D eigenvalue weighted by Crippen LogP contribution is 2.37. The smallest absolute Gasteiger partial charge is 0.0812 e. The molecule has 0 aromatic carbocycles. The molecule has 1 atom stereocenters. The fourth-order valence-corrected chi connectivity index (χ4v) is 4.01. The second-order valence-corrected chi connectivity index (χ2v) is 7.18. The van der Waals surface area contributed by atoms with Gasteiger partial charge >= 0.3 is 0 Å². The van der Waals surface area contributed by atoms with E-state index in [2.05, 4.69) is 28.5 Å². The SMILES string of the molecule is CC(C1CC1)N1CCc2c(c(CN3CCOCC3)nn2C)C1. The number of hydrogen-bond acceptors (Lipinski definition) is 4. The predicted octanol–water partition coefficient (Wildman–Crippen LogP) is 1.41. The Kier molecular flexibility index (Phi) is 3.96. The lowest BCUT2D eigenvalue weighted by molar-refractivity contribution is 0.0333. The fourth-order valence-electron chi connectivity index (χ4n) is 4.01. The van der Waals surface area contributed by atoms with Gasteiger partial charge in [0.05, 0.1) is 18.9 Å². The molecule has 1 unspecified atom stereocenters. The van der Waals surface area contributed by atoms with Crippen LogP contribution in [0.3, 0.4) is 0 Å². The van der Waals surface area contributed by atoms with Crippen LogP contribution < -0.4 is 0 Å². The van der Waals surface area contributed by atoms with Crippen molar-refractivity contribution >= 4 is 0 Å². The van der Waals surface area contributed by atoms with Gasteiger partial charge in [0.15, 0.2) is 0 Å². The van der Waals surface area contributed by atoms with Gasteiger partial charge in [-0.2, -0.15) is 5.10 Å². The van der Waals surface area contributed by atoms with Gasteiger partial charge in [0, 0.05) is 63.5 Å². The summed E-state index contributed by atoms with van der Waals surface area (Å²) in [5.41, 5.74) is 4.27. The summed E-state index contributed by atoms with van der Waals surface area (Å²) in [5, 5.41) is 4.85. The van der Waals surface area contributed by atoms with Gasteiger partial charge in [-0.05, 0) is 25.7 Å². The summed E-state index contributed by atoms with van der Waals surface area (Å²) in [7, 11) is 2.11. The minimum absolute atomic E-state index is 0.740. The molecule has 0 amide bonds. The zero-order valence-electron chi connectivity index (χ0n) is 13.9. The zero-order valence-corrected chi connectivity index (χ0v) is 13.9. The Labute approximate surface area is 133 Å². The summed E-state index contributed by atoms with van der Waals surface area (Å²) in [5.74, 6) is 0.945. The Morgan fingerprint density at radius 3 is 2.73 bits per heavy atom. The van der Waals surface area contributed by atoms with E-state index in [1.807, 2.05) is 0 Å². The second kappa shape index (κ2) is 5.95. The van der Waals surface area contributed by atoms with Gasteiger partial charge < -0.3 is 4.74 Å². The van der Waals surface area contributed by atoms with Crippen LogP contribution in [0.15, 0.2) is 0 Å². The van der Waals surface area contributed by atoms with Gasteiger partial charge in [-0.1, -0.05) is 0 Å². The molecule has 0 bridgehead atoms. The van der Waals surface area contributed by atoms with Crippen molar-refractivity contribution in [3.05, 3.63) is 17.0 Å². The third kappa shape index (κ3) is 2.82. The van der Waals surface area contributed by atoms with E-state index >= 15 is 0 Å². The number of aryl methyl sites for hydroxylation is 1. The van der Waals surface area contributed by atoms with E-state index in [0.717, 1.165) is 57.8 Å². The Hall–Kier alpha value is -0.910. The molecule has 2 aliphatic heterocycles. The van der Waals surface area contributed by atoms with E-state index in [9.17, 15) is 0 Å². The van der Waals surface area contributed by atoms with Crippen LogP contribution in [0.25, 0.3) is 0 Å². The molecule has 3 aliphatic rings. The van der Waals surface area contributed by atoms with Crippen LogP contribution >= 0.6 is 0 Å². The van der Waals surface area contributed by atoms with Gasteiger partial charge in [-0.3, -0.25) is 14.5 Å². The number of ether oxygens (including phenoxy) is 1. The third-order valence-corrected chi connectivity index (χ3v) is 5.71. The van der Waals surface area contributed by atoms with Crippen LogP contribution in [0.5, 0.6) is 0 Å². The van der Waals surface area contributed by atoms with Crippen molar-refractivity contribution in [2.24, 2.45) is 13.0 Å². The summed E-state index contributed by atoms with van der Waals surface area (Å²) in [4.78, 5) is 5.17. The summed E-state index contributed by atoms with van der Waals surface area (Å²) in [6.45, 7) is 9.49. The van der Waals surface area contributed by atoms with Crippen molar-refractivity contribution < 1.29 is 4.74 Å². The van der Waals surface area contributed by atoms with Crippen molar-refractivity contribution in [2.75, 3.05) is 32.8 Å². The molecule has 0 N–H and O–H groups in total. The van der Waals surface area contributed by atoms with Crippen LogP contribution in [0, 0.1) is 5.92 Å². The maximum Gasteiger partial charge on any atom is 0.0812 e. The molecule has 5 nitrogen and oxygen atoms in total. The molecule has 122 valence electrons. The lowest BCUT2D eigenvalue weighted by atomic mass is 10.0. The predicted molar refractivity (Wildman–Crippen MR) is 85.6 cm³/mol. The highest BCUT2D eigenvalue weighted by atomic mass is 16.5. The van der Waals surface area contributed by atoms with E-state index in [0.29, 0.717) is 0 Å². The monoisotopic (exact) mass is 304 g/mol. The van der Waals surface area contributed by atoms with Crippen LogP contribution in [0.1, 0.15) is 36.7 Å². The maximum atomic E-state index is 5.46. The first kappa shape index (κ1) is 14.7. The molecule has 22 heavy (non-hydrogen) atoms. The summed E-state index contributed by atoms with van der Waals surface area (Å²) in [6, 6.07) is 0.740. The average Bonchev–Trinajstić information content (AvgIpc) is 3.34. The zero-order chi connectivity index (χ0) is 15.1. The molecule has 4 rings (SSSR count). The second-order valence-electron chi connectivity index (χ2n) is 7.18. The molecule has 1 saturated heterocycles. The van der Waals surface area contributed by atoms with Gasteiger partial charge in [0.2, 0.25) is 0 Å². The number of rotatable bonds is 4. The Morgan fingerprint density at radius 2 is 2.00 bits per heavy atom. The number of hydrogen-bond donors (Lipinski definition) is 0. The average molecular weight is 304 g/mol. The van der Waals surface area contributed by atoms with Crippen LogP contribution in [-0.4, -0.2) is 58.5 Å². The maximum absolute atomic E-state index is 5.46. The van der Waals surface area contributed by atoms with Gasteiger partial charge in [-0.15, -0.1) is 0 Å². The minimum Gasteiger partial charge on any atom is -0.379 e. The molecule has 1 saturated carbocycles. The molecule has 3 heterocycles. The van der Waals surface area contributed by atoms with Crippen LogP contribution in [0.4, 0.5) is 0 Å². The normalized spacial score (nSPS) is 25.2. The fraction of sp³-hybridized carbons (Fsp3) is 0.824. The molecule has 0 radical (unpaired) electrons. The molecule has 2 fully saturated rings. The highest BCUT2D eigenvalue weighted by molar-refractivity contribution is 5.29. The van der Waals surface area contributed by atoms with E-state index in [-0.39, 0.29) is 0 Å². The van der Waals surface area contributed by atoms with Crippen LogP contribution in [-0.2, 0) is 31.3 Å². The Balaban J connectivity index is 1.51. The van der Waals surface area contributed by atoms with E-state index in [1.165, 1.54) is 36.3 Å². The molecule has 1 aromatic rings. The van der Waals surface area contributed by atoms with Crippen molar-refractivity contribution in [3.63, 3.8) is 0 Å². The molecule has 1 aliphatic carbocycles. The number of fused-ring (bicyclic) bond motifs is 1. The molecular formula is C17H28N4O. The molecule has 1 aromatic heterocycles. The first-order chi connectivity index (χ1) is 10.7. The lowest BCUT2D eigenvalue weighted by Gasteiger charge is -2.33. The Bertz CT molecular complexity index is 531. The number of nitrogens with zero attached hydrogens (tertiary/aromatic N) is 4. The summed E-state index contributed by atoms with van der Waals surface area (Å²) >= 11 is 0. The Morgan fingerprint density at radius 1 is 1.23 bits per heavy atom. The quantitative estimate of drug-likeness (QED) is 0.842. The van der Waals surface area contributed by atoms with Crippen molar-refractivity contribution in [2.45, 2.75) is 45.3 Å². The molecule has 0 spiro atoms. The number of aromatic nitrogens is 2. The van der Waals surface area contributed by atoms with Crippen molar-refractivity contribution in [1.29, 1.82) is 0 Å². The molecule has 5 heteroatoms. The van der Waals surface area contributed by atoms with E-state index in [4.69, 9.17) is 9.84 Å². The van der Waals surface area contributed by atoms with E-state index < -0.39 is 0 Å². The number of morpholine rings is 1. The highest BCUT2D eigenvalue weighted by Gasteiger charge is 2.35. The summed E-state index contributed by atoms with van der Waals surface area (Å²) < 4.78 is 7.59. The van der Waals surface area contributed by atoms with Gasteiger partial charge in [-0.25, -0.2) is 0 Å². The molecular weight excluding hydrogens is 276 g/mol. The standard InChI is InChI=1S/C17H28N4O/c1-13(14-3-4-14)21-6-5-17-15(11-21)16(18-19(17)2)12-20-7-9-22-10-8-20/h13-14H,3-12H2,1-2H3. The first-order valence-corrected chi connectivity index (χ1v) is 8.80. The first-order valence-electron chi connectivity index (χ1n) is 8.80. The van der Waals surface area contributed by atoms with Gasteiger partial charge in [0.25, 0.3) is 0 Å². The largest absolute Gasteiger partial charge is 0.379 e. The van der Waals surface area contributed by atoms with Gasteiger partial charge in [0.1, 0.15) is 0 Å². The van der Waals surface area contributed by atoms with Crippen LogP contribution in [0.2, 0.25) is 0 Å². The van der Waals surface area contributed by atoms with Crippen molar-refractivity contribution in [1.82, 2.24) is 19.6 Å². The minimum atomic E-state index is 0.740. The van der Waals surface area contributed by atoms with Crippen molar-refractivity contribution in [3.8, 4) is 0 Å².